The van der Waals surface area contributed by atoms with Gasteiger partial charge in [0.1, 0.15) is 12.3 Å². The number of carbonyl (C=O) groups is 2. The van der Waals surface area contributed by atoms with Crippen molar-refractivity contribution in [3.63, 3.8) is 0 Å². The Bertz CT molecular complexity index is 760. The molecule has 0 saturated heterocycles. The van der Waals surface area contributed by atoms with Crippen LogP contribution in [0.3, 0.4) is 0 Å². The first-order chi connectivity index (χ1) is 10.9. The van der Waals surface area contributed by atoms with Crippen LogP contribution in [0.1, 0.15) is 23.0 Å². The third-order valence-corrected chi connectivity index (χ3v) is 4.20. The number of thiazole rings is 1. The topological polar surface area (TPSA) is 74.6 Å². The number of benzene rings is 1. The van der Waals surface area contributed by atoms with Crippen LogP contribution in [-0.2, 0) is 16.1 Å². The maximum absolute atomic E-state index is 12.2. The van der Waals surface area contributed by atoms with Gasteiger partial charge < -0.3 is 9.47 Å². The predicted molar refractivity (Wildman–Crippen MR) is 86.2 cm³/mol. The summed E-state index contributed by atoms with van der Waals surface area (Å²) in [5, 5.41) is 1.67. The molecule has 0 aliphatic heterocycles. The highest BCUT2D eigenvalue weighted by atomic mass is 32.1. The van der Waals surface area contributed by atoms with Crippen molar-refractivity contribution in [2.75, 3.05) is 7.11 Å². The first-order valence-corrected chi connectivity index (χ1v) is 7.83. The Morgan fingerprint density at radius 2 is 1.91 bits per heavy atom. The summed E-state index contributed by atoms with van der Waals surface area (Å²) < 4.78 is 11.5. The molecular weight excluding hydrogens is 318 g/mol. The van der Waals surface area contributed by atoms with E-state index in [0.717, 1.165) is 11.3 Å². The second-order valence-corrected chi connectivity index (χ2v) is 5.77. The van der Waals surface area contributed by atoms with Crippen molar-refractivity contribution in [2.45, 2.75) is 26.5 Å². The maximum Gasteiger partial charge on any atom is 0.326 e. The average molecular weight is 335 g/mol. The minimum Gasteiger partial charge on any atom is -0.497 e. The van der Waals surface area contributed by atoms with Gasteiger partial charge in [-0.3, -0.25) is 19.0 Å². The van der Waals surface area contributed by atoms with Gasteiger partial charge in [-0.2, -0.15) is 0 Å². The second-order valence-electron chi connectivity index (χ2n) is 4.95. The summed E-state index contributed by atoms with van der Waals surface area (Å²) >= 11 is 1.02. The quantitative estimate of drug-likeness (QED) is 0.596. The number of aryl methyl sites for hydroxylation is 1. The molecule has 0 aliphatic rings. The lowest BCUT2D eigenvalue weighted by molar-refractivity contribution is -0.147. The number of rotatable bonds is 6. The third kappa shape index (κ3) is 4.07. The Kier molecular flexibility index (Phi) is 5.33. The van der Waals surface area contributed by atoms with E-state index in [2.05, 4.69) is 0 Å². The molecule has 0 fully saturated rings. The van der Waals surface area contributed by atoms with Gasteiger partial charge in [-0.15, -0.1) is 0 Å². The molecule has 0 radical (unpaired) electrons. The Morgan fingerprint density at radius 1 is 1.26 bits per heavy atom. The number of aromatic nitrogens is 1. The Balaban J connectivity index is 2.00. The van der Waals surface area contributed by atoms with Crippen LogP contribution in [0.4, 0.5) is 0 Å². The first kappa shape index (κ1) is 17.0. The number of ketones is 1. The second kappa shape index (κ2) is 7.23. The van der Waals surface area contributed by atoms with E-state index in [9.17, 15) is 14.4 Å². The summed E-state index contributed by atoms with van der Waals surface area (Å²) in [5.74, 6) is -0.295. The highest BCUT2D eigenvalue weighted by Gasteiger charge is 2.20. The van der Waals surface area contributed by atoms with Gasteiger partial charge in [-0.1, -0.05) is 11.3 Å². The maximum atomic E-state index is 12.2. The van der Waals surface area contributed by atoms with Gasteiger partial charge >= 0.3 is 10.8 Å². The van der Waals surface area contributed by atoms with Crippen LogP contribution in [0.5, 0.6) is 5.75 Å². The lowest BCUT2D eigenvalue weighted by atomic mass is 10.1. The number of hydrogen-bond acceptors (Lipinski definition) is 6. The largest absolute Gasteiger partial charge is 0.497 e. The fourth-order valence-corrected chi connectivity index (χ4v) is 2.74. The molecule has 1 aromatic heterocycles. The molecule has 0 aliphatic carbocycles. The fourth-order valence-electron chi connectivity index (χ4n) is 2.00. The predicted octanol–water partition coefficient (Wildman–Crippen LogP) is 2.04. The molecule has 0 N–H and O–H groups in total. The van der Waals surface area contributed by atoms with Gasteiger partial charge in [0.15, 0.2) is 6.10 Å². The monoisotopic (exact) mass is 335 g/mol. The van der Waals surface area contributed by atoms with Gasteiger partial charge in [-0.05, 0) is 38.1 Å². The number of methoxy groups -OCH3 is 1. The molecule has 0 spiro atoms. The van der Waals surface area contributed by atoms with Gasteiger partial charge in [0.05, 0.1) is 7.11 Å². The lowest BCUT2D eigenvalue weighted by Gasteiger charge is -2.13. The standard InChI is InChI=1S/C16H17NO5S/c1-10-9-23-16(20)17(10)8-14(18)22-11(2)15(19)12-4-6-13(21-3)7-5-12/h4-7,9,11H,8H2,1-3H3/t11-/m1/s1. The van der Waals surface area contributed by atoms with Crippen LogP contribution in [0.25, 0.3) is 0 Å². The number of nitrogens with zero attached hydrogens (tertiary/aromatic N) is 1. The van der Waals surface area contributed by atoms with Crippen molar-refractivity contribution in [1.82, 2.24) is 4.57 Å². The summed E-state index contributed by atoms with van der Waals surface area (Å²) in [6, 6.07) is 6.55. The van der Waals surface area contributed by atoms with Gasteiger partial charge in [-0.25, -0.2) is 0 Å². The summed E-state index contributed by atoms with van der Waals surface area (Å²) in [4.78, 5) is 35.5. The molecule has 23 heavy (non-hydrogen) atoms. The smallest absolute Gasteiger partial charge is 0.326 e. The zero-order chi connectivity index (χ0) is 17.0. The van der Waals surface area contributed by atoms with E-state index in [-0.39, 0.29) is 17.2 Å². The SMILES string of the molecule is COc1ccc(C(=O)[C@@H](C)OC(=O)Cn2c(C)csc2=O)cc1. The summed E-state index contributed by atoms with van der Waals surface area (Å²) in [6.07, 6.45) is -0.925. The molecule has 7 heteroatoms. The molecule has 1 atom stereocenters. The summed E-state index contributed by atoms with van der Waals surface area (Å²) in [6.45, 7) is 3.04. The minimum atomic E-state index is -0.925. The molecule has 1 heterocycles. The first-order valence-electron chi connectivity index (χ1n) is 6.95. The van der Waals surface area contributed by atoms with Crippen LogP contribution in [0.15, 0.2) is 34.4 Å². The van der Waals surface area contributed by atoms with Crippen molar-refractivity contribution >= 4 is 23.1 Å². The van der Waals surface area contributed by atoms with E-state index in [1.165, 1.54) is 18.6 Å². The van der Waals surface area contributed by atoms with Crippen LogP contribution >= 0.6 is 11.3 Å². The highest BCUT2D eigenvalue weighted by molar-refractivity contribution is 7.07. The Hall–Kier alpha value is -2.41. The van der Waals surface area contributed by atoms with Crippen molar-refractivity contribution in [3.05, 3.63) is 50.6 Å². The van der Waals surface area contributed by atoms with Gasteiger partial charge in [0.2, 0.25) is 5.78 Å². The molecular formula is C16H17NO5S. The molecule has 2 rings (SSSR count). The van der Waals surface area contributed by atoms with Crippen LogP contribution in [-0.4, -0.2) is 29.5 Å². The van der Waals surface area contributed by atoms with Crippen LogP contribution in [0, 0.1) is 6.92 Å². The van der Waals surface area contributed by atoms with Crippen LogP contribution in [0.2, 0.25) is 0 Å². The average Bonchev–Trinajstić information content (AvgIpc) is 2.86. The van der Waals surface area contributed by atoms with E-state index >= 15 is 0 Å². The fraction of sp³-hybridized carbons (Fsp3) is 0.312. The van der Waals surface area contributed by atoms with Crippen molar-refractivity contribution < 1.29 is 19.1 Å². The molecule has 1 aromatic carbocycles. The third-order valence-electron chi connectivity index (χ3n) is 3.32. The van der Waals surface area contributed by atoms with E-state index in [1.807, 2.05) is 0 Å². The van der Waals surface area contributed by atoms with Crippen LogP contribution < -0.4 is 9.61 Å². The van der Waals surface area contributed by atoms with Gasteiger partial charge in [0.25, 0.3) is 0 Å². The minimum absolute atomic E-state index is 0.200. The number of hydrogen-bond donors (Lipinski definition) is 0. The van der Waals surface area contributed by atoms with E-state index in [1.54, 1.807) is 36.6 Å². The van der Waals surface area contributed by atoms with E-state index < -0.39 is 12.1 Å². The number of Topliss-reactive ketones (excluding diaryl/α,β-unsaturated/α-hetero) is 1. The van der Waals surface area contributed by atoms with E-state index in [4.69, 9.17) is 9.47 Å². The van der Waals surface area contributed by atoms with Crippen molar-refractivity contribution in [1.29, 1.82) is 0 Å². The highest BCUT2D eigenvalue weighted by Crippen LogP contribution is 2.14. The molecule has 122 valence electrons. The molecule has 0 bridgehead atoms. The zero-order valence-corrected chi connectivity index (χ0v) is 13.9. The number of esters is 1. The van der Waals surface area contributed by atoms with Crippen molar-refractivity contribution in [3.8, 4) is 5.75 Å². The Morgan fingerprint density at radius 3 is 2.43 bits per heavy atom. The lowest BCUT2D eigenvalue weighted by Crippen LogP contribution is -2.29. The zero-order valence-electron chi connectivity index (χ0n) is 13.1. The summed E-state index contributed by atoms with van der Waals surface area (Å²) in [5.41, 5.74) is 1.11. The molecule has 6 nitrogen and oxygen atoms in total. The molecule has 0 amide bonds. The normalized spacial score (nSPS) is 11.8. The summed E-state index contributed by atoms with van der Waals surface area (Å²) in [7, 11) is 1.54. The molecule has 0 saturated carbocycles. The number of carbonyl (C=O) groups excluding carboxylic acids is 2. The molecule has 2 aromatic rings. The van der Waals surface area contributed by atoms with E-state index in [0.29, 0.717) is 17.0 Å². The Labute approximate surface area is 137 Å². The molecule has 0 unspecified atom stereocenters. The van der Waals surface area contributed by atoms with Gasteiger partial charge in [0, 0.05) is 16.6 Å². The number of ether oxygens (including phenoxy) is 2. The van der Waals surface area contributed by atoms with Crippen molar-refractivity contribution in [2.24, 2.45) is 0 Å².